The van der Waals surface area contributed by atoms with Gasteiger partial charge in [-0.05, 0) is 44.1 Å². The highest BCUT2D eigenvalue weighted by Gasteiger charge is 2.38. The number of nitrogens with one attached hydrogen (secondary N) is 1. The Kier molecular flexibility index (Phi) is 9.42. The van der Waals surface area contributed by atoms with Gasteiger partial charge in [0.1, 0.15) is 0 Å². The van der Waals surface area contributed by atoms with E-state index in [4.69, 9.17) is 0 Å². The Labute approximate surface area is 167 Å². The van der Waals surface area contributed by atoms with Gasteiger partial charge < -0.3 is 4.90 Å². The van der Waals surface area contributed by atoms with Crippen molar-refractivity contribution in [1.82, 2.24) is 9.62 Å². The van der Waals surface area contributed by atoms with Gasteiger partial charge in [-0.25, -0.2) is 13.1 Å². The number of hydrogen-bond acceptors (Lipinski definition) is 3. The van der Waals surface area contributed by atoms with Crippen molar-refractivity contribution >= 4 is 10.0 Å². The monoisotopic (exact) mass is 448 g/mol. The molecule has 0 spiro atoms. The van der Waals surface area contributed by atoms with Crippen molar-refractivity contribution in [1.29, 1.82) is 0 Å². The highest BCUT2D eigenvalue weighted by Crippen LogP contribution is 2.37. The molecule has 0 amide bonds. The smallest absolute Gasteiger partial charge is 0.302 e. The normalized spacial score (nSPS) is 13.3. The van der Waals surface area contributed by atoms with Gasteiger partial charge in [-0.2, -0.15) is 26.3 Å². The van der Waals surface area contributed by atoms with Crippen molar-refractivity contribution in [2.24, 2.45) is 0 Å². The van der Waals surface area contributed by atoms with Crippen LogP contribution in [0.25, 0.3) is 0 Å². The van der Waals surface area contributed by atoms with E-state index in [0.717, 1.165) is 38.8 Å². The number of alkyl halides is 6. The molecule has 0 aromatic heterocycles. The lowest BCUT2D eigenvalue weighted by Gasteiger charge is -2.22. The van der Waals surface area contributed by atoms with Gasteiger partial charge in [-0.1, -0.05) is 26.7 Å². The Hall–Kier alpha value is -1.33. The number of unbranched alkanes of at least 4 members (excludes halogenated alkanes) is 2. The molecule has 1 rings (SSSR count). The zero-order valence-corrected chi connectivity index (χ0v) is 17.1. The number of benzene rings is 1. The SMILES string of the molecule is CCCCN(CCCC)CCNS(=O)(=O)c1cc(C(F)(F)F)cc(C(F)(F)F)c1. The van der Waals surface area contributed by atoms with Crippen LogP contribution in [0, 0.1) is 0 Å². The number of halogens is 6. The van der Waals surface area contributed by atoms with E-state index >= 15 is 0 Å². The van der Waals surface area contributed by atoms with Gasteiger partial charge in [0.05, 0.1) is 16.0 Å². The molecule has 29 heavy (non-hydrogen) atoms. The number of hydrogen-bond donors (Lipinski definition) is 1. The third-order valence-electron chi connectivity index (χ3n) is 4.25. The Morgan fingerprint density at radius 3 is 1.66 bits per heavy atom. The molecule has 1 aromatic rings. The highest BCUT2D eigenvalue weighted by atomic mass is 32.2. The summed E-state index contributed by atoms with van der Waals surface area (Å²) in [5, 5.41) is 0. The zero-order chi connectivity index (χ0) is 22.3. The summed E-state index contributed by atoms with van der Waals surface area (Å²) in [7, 11) is -4.54. The zero-order valence-electron chi connectivity index (χ0n) is 16.3. The summed E-state index contributed by atoms with van der Waals surface area (Å²) >= 11 is 0. The number of sulfonamides is 1. The van der Waals surface area contributed by atoms with Crippen LogP contribution in [0.15, 0.2) is 23.1 Å². The van der Waals surface area contributed by atoms with Crippen LogP contribution >= 0.6 is 0 Å². The lowest BCUT2D eigenvalue weighted by molar-refractivity contribution is -0.143. The van der Waals surface area contributed by atoms with Gasteiger partial charge >= 0.3 is 12.4 Å². The van der Waals surface area contributed by atoms with Gasteiger partial charge in [0, 0.05) is 13.1 Å². The maximum atomic E-state index is 12.9. The van der Waals surface area contributed by atoms with E-state index in [0.29, 0.717) is 6.54 Å². The van der Waals surface area contributed by atoms with E-state index in [1.165, 1.54) is 0 Å². The maximum Gasteiger partial charge on any atom is 0.416 e. The first-order chi connectivity index (χ1) is 13.3. The predicted molar refractivity (Wildman–Crippen MR) is 97.9 cm³/mol. The summed E-state index contributed by atoms with van der Waals surface area (Å²) in [6.45, 7) is 5.68. The summed E-state index contributed by atoms with van der Waals surface area (Å²) in [5.41, 5.74) is -3.33. The molecule has 0 aliphatic carbocycles. The summed E-state index contributed by atoms with van der Waals surface area (Å²) in [5.74, 6) is 0. The van der Waals surface area contributed by atoms with E-state index in [2.05, 4.69) is 4.72 Å². The molecule has 0 saturated heterocycles. The standard InChI is InChI=1S/C18H26F6N2O2S/c1-3-5-8-26(9-6-4-2)10-7-25-29(27,28)16-12-14(17(19,20)21)11-15(13-16)18(22,23)24/h11-13,25H,3-10H2,1-2H3. The molecule has 168 valence electrons. The molecule has 0 aliphatic heterocycles. The Balaban J connectivity index is 3.00. The van der Waals surface area contributed by atoms with Crippen molar-refractivity contribution in [2.75, 3.05) is 26.2 Å². The number of nitrogens with zero attached hydrogens (tertiary/aromatic N) is 1. The van der Waals surface area contributed by atoms with Crippen LogP contribution in [0.3, 0.4) is 0 Å². The van der Waals surface area contributed by atoms with Crippen LogP contribution in [0.4, 0.5) is 26.3 Å². The van der Waals surface area contributed by atoms with E-state index in [1.807, 2.05) is 18.7 Å². The first-order valence-electron chi connectivity index (χ1n) is 9.32. The molecule has 0 fully saturated rings. The molecule has 0 bridgehead atoms. The summed E-state index contributed by atoms with van der Waals surface area (Å²) in [6, 6.07) is 0.323. The molecule has 4 nitrogen and oxygen atoms in total. The molecular weight excluding hydrogens is 422 g/mol. The van der Waals surface area contributed by atoms with Crippen LogP contribution in [-0.4, -0.2) is 39.5 Å². The summed E-state index contributed by atoms with van der Waals surface area (Å²) < 4.78 is 104. The van der Waals surface area contributed by atoms with Gasteiger partial charge in [0.25, 0.3) is 0 Å². The maximum absolute atomic E-state index is 12.9. The quantitative estimate of drug-likeness (QED) is 0.490. The fraction of sp³-hybridized carbons (Fsp3) is 0.667. The minimum absolute atomic E-state index is 0.101. The minimum Gasteiger partial charge on any atom is -0.302 e. The lowest BCUT2D eigenvalue weighted by atomic mass is 10.1. The van der Waals surface area contributed by atoms with Gasteiger partial charge in [-0.3, -0.25) is 0 Å². The molecule has 11 heteroatoms. The summed E-state index contributed by atoms with van der Waals surface area (Å²) in [6.07, 6.45) is -6.53. The van der Waals surface area contributed by atoms with Crippen LogP contribution in [0.1, 0.15) is 50.7 Å². The molecule has 0 radical (unpaired) electrons. The predicted octanol–water partition coefficient (Wildman–Crippen LogP) is 4.90. The van der Waals surface area contributed by atoms with Crippen LogP contribution in [-0.2, 0) is 22.4 Å². The fourth-order valence-electron chi connectivity index (χ4n) is 2.60. The van der Waals surface area contributed by atoms with Crippen molar-refractivity contribution < 1.29 is 34.8 Å². The van der Waals surface area contributed by atoms with Crippen LogP contribution < -0.4 is 4.72 Å². The second-order valence-corrected chi connectivity index (χ2v) is 8.46. The molecule has 1 N–H and O–H groups in total. The molecule has 0 atom stereocenters. The van der Waals surface area contributed by atoms with E-state index in [9.17, 15) is 34.8 Å². The van der Waals surface area contributed by atoms with Gasteiger partial charge in [-0.15, -0.1) is 0 Å². The first-order valence-corrected chi connectivity index (χ1v) is 10.8. The topological polar surface area (TPSA) is 49.4 Å². The van der Waals surface area contributed by atoms with Crippen molar-refractivity contribution in [3.63, 3.8) is 0 Å². The third-order valence-corrected chi connectivity index (χ3v) is 5.69. The Morgan fingerprint density at radius 2 is 1.28 bits per heavy atom. The first kappa shape index (κ1) is 25.7. The number of rotatable bonds is 11. The van der Waals surface area contributed by atoms with Gasteiger partial charge in [0.15, 0.2) is 0 Å². The van der Waals surface area contributed by atoms with Crippen LogP contribution in [0.5, 0.6) is 0 Å². The Bertz CT molecular complexity index is 707. The molecular formula is C18H26F6N2O2S. The average molecular weight is 448 g/mol. The highest BCUT2D eigenvalue weighted by molar-refractivity contribution is 7.89. The minimum atomic E-state index is -5.11. The lowest BCUT2D eigenvalue weighted by Crippen LogP contribution is -2.36. The van der Waals surface area contributed by atoms with Gasteiger partial charge in [0.2, 0.25) is 10.0 Å². The average Bonchev–Trinajstić information content (AvgIpc) is 2.61. The Morgan fingerprint density at radius 1 is 0.828 bits per heavy atom. The molecule has 1 aromatic carbocycles. The third kappa shape index (κ3) is 8.51. The molecule has 0 saturated carbocycles. The van der Waals surface area contributed by atoms with Crippen molar-refractivity contribution in [3.8, 4) is 0 Å². The fourth-order valence-corrected chi connectivity index (χ4v) is 3.69. The molecule has 0 aliphatic rings. The van der Waals surface area contributed by atoms with Crippen molar-refractivity contribution in [3.05, 3.63) is 29.3 Å². The second-order valence-electron chi connectivity index (χ2n) is 6.69. The van der Waals surface area contributed by atoms with E-state index < -0.39 is 38.4 Å². The summed E-state index contributed by atoms with van der Waals surface area (Å²) in [4.78, 5) is 0.955. The van der Waals surface area contributed by atoms with Crippen LogP contribution in [0.2, 0.25) is 0 Å². The molecule has 0 unspecified atom stereocenters. The molecule has 0 heterocycles. The second kappa shape index (κ2) is 10.6. The largest absolute Gasteiger partial charge is 0.416 e. The van der Waals surface area contributed by atoms with E-state index in [-0.39, 0.29) is 24.7 Å². The van der Waals surface area contributed by atoms with E-state index in [1.54, 1.807) is 0 Å². The van der Waals surface area contributed by atoms with Crippen molar-refractivity contribution in [2.45, 2.75) is 56.8 Å².